The molecule has 114 valence electrons. The van der Waals surface area contributed by atoms with E-state index < -0.39 is 0 Å². The van der Waals surface area contributed by atoms with Crippen LogP contribution in [0.3, 0.4) is 0 Å². The van der Waals surface area contributed by atoms with Gasteiger partial charge in [0.05, 0.1) is 19.6 Å². The van der Waals surface area contributed by atoms with Crippen molar-refractivity contribution in [2.75, 3.05) is 38.6 Å². The van der Waals surface area contributed by atoms with Crippen LogP contribution in [0, 0.1) is 0 Å². The van der Waals surface area contributed by atoms with Crippen LogP contribution in [0.4, 0.5) is 5.69 Å². The highest BCUT2D eigenvalue weighted by atomic mass is 16.5. The highest BCUT2D eigenvalue weighted by Gasteiger charge is 2.16. The van der Waals surface area contributed by atoms with Crippen LogP contribution in [-0.2, 0) is 20.7 Å². The Morgan fingerprint density at radius 2 is 1.95 bits per heavy atom. The molecule has 3 N–H and O–H groups in total. The standard InChI is InChI=1S/C15H21N3O3/c16-13-4-2-1-3-12(13)11-14(19)17-6-5-15(20)18-7-9-21-10-8-18/h1-4H,5-11,16H2,(H,17,19). The largest absolute Gasteiger partial charge is 0.398 e. The van der Waals surface area contributed by atoms with Gasteiger partial charge in [0.2, 0.25) is 11.8 Å². The average molecular weight is 291 g/mol. The van der Waals surface area contributed by atoms with E-state index in [2.05, 4.69) is 5.32 Å². The van der Waals surface area contributed by atoms with Gasteiger partial charge in [0.15, 0.2) is 0 Å². The van der Waals surface area contributed by atoms with E-state index in [1.54, 1.807) is 11.0 Å². The first kappa shape index (κ1) is 15.3. The molecule has 0 aliphatic carbocycles. The van der Waals surface area contributed by atoms with Crippen molar-refractivity contribution in [1.82, 2.24) is 10.2 Å². The second kappa shape index (κ2) is 7.64. The van der Waals surface area contributed by atoms with Crippen LogP contribution in [0.15, 0.2) is 24.3 Å². The van der Waals surface area contributed by atoms with Gasteiger partial charge in [0.1, 0.15) is 0 Å². The fourth-order valence-electron chi connectivity index (χ4n) is 2.21. The molecule has 6 heteroatoms. The molecule has 2 rings (SSSR count). The number of nitrogens with zero attached hydrogens (tertiary/aromatic N) is 1. The maximum absolute atomic E-state index is 11.9. The summed E-state index contributed by atoms with van der Waals surface area (Å²) in [7, 11) is 0. The molecule has 0 saturated carbocycles. The summed E-state index contributed by atoms with van der Waals surface area (Å²) < 4.78 is 5.19. The van der Waals surface area contributed by atoms with E-state index in [4.69, 9.17) is 10.5 Å². The molecule has 1 saturated heterocycles. The van der Waals surface area contributed by atoms with Crippen molar-refractivity contribution in [2.45, 2.75) is 12.8 Å². The number of ether oxygens (including phenoxy) is 1. The maximum Gasteiger partial charge on any atom is 0.224 e. The first-order valence-corrected chi connectivity index (χ1v) is 7.12. The molecule has 1 aliphatic heterocycles. The summed E-state index contributed by atoms with van der Waals surface area (Å²) >= 11 is 0. The summed E-state index contributed by atoms with van der Waals surface area (Å²) in [4.78, 5) is 25.5. The number of amides is 2. The summed E-state index contributed by atoms with van der Waals surface area (Å²) in [5.41, 5.74) is 7.20. The number of nitrogen functional groups attached to an aromatic ring is 1. The molecule has 0 radical (unpaired) electrons. The van der Waals surface area contributed by atoms with E-state index in [0.29, 0.717) is 45.0 Å². The van der Waals surface area contributed by atoms with E-state index in [9.17, 15) is 9.59 Å². The molecule has 0 bridgehead atoms. The zero-order valence-electron chi connectivity index (χ0n) is 12.0. The third-order valence-electron chi connectivity index (χ3n) is 3.43. The predicted molar refractivity (Wildman–Crippen MR) is 79.6 cm³/mol. The van der Waals surface area contributed by atoms with Crippen LogP contribution in [0.2, 0.25) is 0 Å². The normalized spacial score (nSPS) is 14.8. The quantitative estimate of drug-likeness (QED) is 0.758. The number of carbonyl (C=O) groups is 2. The number of para-hydroxylation sites is 1. The van der Waals surface area contributed by atoms with Gasteiger partial charge >= 0.3 is 0 Å². The number of anilines is 1. The fourth-order valence-corrected chi connectivity index (χ4v) is 2.21. The number of nitrogens with two attached hydrogens (primary N) is 1. The Bertz CT molecular complexity index is 499. The Morgan fingerprint density at radius 3 is 2.67 bits per heavy atom. The summed E-state index contributed by atoms with van der Waals surface area (Å²) in [6.07, 6.45) is 0.550. The number of hydrogen-bond donors (Lipinski definition) is 2. The van der Waals surface area contributed by atoms with Crippen molar-refractivity contribution in [3.8, 4) is 0 Å². The zero-order valence-corrected chi connectivity index (χ0v) is 12.0. The predicted octanol–water partition coefficient (Wildman–Crippen LogP) is 0.176. The summed E-state index contributed by atoms with van der Waals surface area (Å²) in [5.74, 6) is -0.0690. The molecule has 1 heterocycles. The van der Waals surface area contributed by atoms with E-state index in [1.165, 1.54) is 0 Å². The van der Waals surface area contributed by atoms with Crippen LogP contribution in [0.1, 0.15) is 12.0 Å². The van der Waals surface area contributed by atoms with Crippen molar-refractivity contribution >= 4 is 17.5 Å². The number of carbonyl (C=O) groups excluding carboxylic acids is 2. The Morgan fingerprint density at radius 1 is 1.24 bits per heavy atom. The monoisotopic (exact) mass is 291 g/mol. The minimum Gasteiger partial charge on any atom is -0.398 e. The first-order chi connectivity index (χ1) is 10.2. The molecule has 0 atom stereocenters. The smallest absolute Gasteiger partial charge is 0.224 e. The van der Waals surface area contributed by atoms with Gasteiger partial charge in [-0.25, -0.2) is 0 Å². The van der Waals surface area contributed by atoms with Crippen LogP contribution in [-0.4, -0.2) is 49.6 Å². The molecule has 6 nitrogen and oxygen atoms in total. The van der Waals surface area contributed by atoms with Crippen LogP contribution < -0.4 is 11.1 Å². The second-order valence-corrected chi connectivity index (χ2v) is 4.97. The highest BCUT2D eigenvalue weighted by molar-refractivity contribution is 5.81. The van der Waals surface area contributed by atoms with Crippen molar-refractivity contribution < 1.29 is 14.3 Å². The third kappa shape index (κ3) is 4.75. The maximum atomic E-state index is 11.9. The summed E-state index contributed by atoms with van der Waals surface area (Å²) in [6.45, 7) is 2.79. The van der Waals surface area contributed by atoms with E-state index >= 15 is 0 Å². The molecule has 1 aromatic rings. The average Bonchev–Trinajstić information content (AvgIpc) is 2.50. The second-order valence-electron chi connectivity index (χ2n) is 4.97. The Balaban J connectivity index is 1.69. The number of morpholine rings is 1. The topological polar surface area (TPSA) is 84.7 Å². The molecule has 1 aliphatic rings. The number of hydrogen-bond acceptors (Lipinski definition) is 4. The lowest BCUT2D eigenvalue weighted by atomic mass is 10.1. The third-order valence-corrected chi connectivity index (χ3v) is 3.43. The number of benzene rings is 1. The molecule has 0 aromatic heterocycles. The van der Waals surface area contributed by atoms with E-state index in [-0.39, 0.29) is 18.2 Å². The van der Waals surface area contributed by atoms with Gasteiger partial charge in [-0.3, -0.25) is 9.59 Å². The lowest BCUT2D eigenvalue weighted by Gasteiger charge is -2.26. The van der Waals surface area contributed by atoms with Crippen LogP contribution >= 0.6 is 0 Å². The van der Waals surface area contributed by atoms with Crippen LogP contribution in [0.25, 0.3) is 0 Å². The molecule has 0 unspecified atom stereocenters. The summed E-state index contributed by atoms with van der Waals surface area (Å²) in [6, 6.07) is 7.27. The Kier molecular flexibility index (Phi) is 5.57. The zero-order chi connectivity index (χ0) is 15.1. The van der Waals surface area contributed by atoms with Gasteiger partial charge in [-0.2, -0.15) is 0 Å². The van der Waals surface area contributed by atoms with Gasteiger partial charge < -0.3 is 20.7 Å². The fraction of sp³-hybridized carbons (Fsp3) is 0.467. The van der Waals surface area contributed by atoms with Crippen molar-refractivity contribution in [2.24, 2.45) is 0 Å². The molecule has 0 spiro atoms. The SMILES string of the molecule is Nc1ccccc1CC(=O)NCCC(=O)N1CCOCC1. The Hall–Kier alpha value is -2.08. The van der Waals surface area contributed by atoms with E-state index in [0.717, 1.165) is 5.56 Å². The van der Waals surface area contributed by atoms with Crippen LogP contribution in [0.5, 0.6) is 0 Å². The Labute approximate surface area is 124 Å². The number of nitrogens with one attached hydrogen (secondary N) is 1. The van der Waals surface area contributed by atoms with Crippen molar-refractivity contribution in [3.05, 3.63) is 29.8 Å². The van der Waals surface area contributed by atoms with Gasteiger partial charge in [-0.1, -0.05) is 18.2 Å². The molecule has 21 heavy (non-hydrogen) atoms. The molecule has 2 amide bonds. The van der Waals surface area contributed by atoms with Crippen molar-refractivity contribution in [3.63, 3.8) is 0 Å². The lowest BCUT2D eigenvalue weighted by molar-refractivity contribution is -0.135. The molecular weight excluding hydrogens is 270 g/mol. The molecule has 1 aromatic carbocycles. The van der Waals surface area contributed by atoms with Gasteiger partial charge in [0.25, 0.3) is 0 Å². The molecular formula is C15H21N3O3. The van der Waals surface area contributed by atoms with Crippen molar-refractivity contribution in [1.29, 1.82) is 0 Å². The highest BCUT2D eigenvalue weighted by Crippen LogP contribution is 2.10. The first-order valence-electron chi connectivity index (χ1n) is 7.12. The minimum absolute atomic E-state index is 0.0535. The summed E-state index contributed by atoms with van der Waals surface area (Å²) in [5, 5.41) is 2.76. The van der Waals surface area contributed by atoms with E-state index in [1.807, 2.05) is 18.2 Å². The van der Waals surface area contributed by atoms with Gasteiger partial charge in [-0.15, -0.1) is 0 Å². The number of rotatable bonds is 5. The van der Waals surface area contributed by atoms with Gasteiger partial charge in [0, 0.05) is 31.7 Å². The lowest BCUT2D eigenvalue weighted by Crippen LogP contribution is -2.42. The minimum atomic E-state index is -0.123. The van der Waals surface area contributed by atoms with Gasteiger partial charge in [-0.05, 0) is 11.6 Å². The molecule has 1 fully saturated rings.